The van der Waals surface area contributed by atoms with E-state index < -0.39 is 0 Å². The first-order valence-electron chi connectivity index (χ1n) is 7.50. The predicted molar refractivity (Wildman–Crippen MR) is 97.1 cm³/mol. The highest BCUT2D eigenvalue weighted by Crippen LogP contribution is 2.11. The van der Waals surface area contributed by atoms with E-state index >= 15 is 0 Å². The standard InChI is InChI=1S/C17H20N4S2/c1-19(11-15-8-9-23-12-15)13-21-17(22)20(2)16(18-21)10-14-6-4-3-5-7-14/h3-9,12H,10-11,13H2,1-2H3. The molecule has 0 saturated carbocycles. The molecule has 1 aromatic carbocycles. The van der Waals surface area contributed by atoms with Gasteiger partial charge in [0.2, 0.25) is 0 Å². The van der Waals surface area contributed by atoms with Gasteiger partial charge >= 0.3 is 0 Å². The Morgan fingerprint density at radius 1 is 1.17 bits per heavy atom. The molecule has 0 atom stereocenters. The summed E-state index contributed by atoms with van der Waals surface area (Å²) in [5, 5.41) is 8.99. The molecule has 0 amide bonds. The Hall–Kier alpha value is -1.76. The Kier molecular flexibility index (Phi) is 5.05. The van der Waals surface area contributed by atoms with Gasteiger partial charge in [-0.15, -0.1) is 0 Å². The highest BCUT2D eigenvalue weighted by Gasteiger charge is 2.10. The molecule has 3 aromatic rings. The molecule has 0 radical (unpaired) electrons. The molecule has 4 nitrogen and oxygen atoms in total. The van der Waals surface area contributed by atoms with E-state index in [9.17, 15) is 0 Å². The van der Waals surface area contributed by atoms with Crippen LogP contribution in [0.4, 0.5) is 0 Å². The average Bonchev–Trinajstić information content (AvgIpc) is 3.13. The fraction of sp³-hybridized carbons (Fsp3) is 0.294. The zero-order chi connectivity index (χ0) is 16.2. The second-order valence-corrected chi connectivity index (χ2v) is 6.85. The second kappa shape index (κ2) is 7.21. The van der Waals surface area contributed by atoms with Gasteiger partial charge in [0.15, 0.2) is 4.77 Å². The molecule has 0 spiro atoms. The summed E-state index contributed by atoms with van der Waals surface area (Å²) in [4.78, 5) is 2.22. The Bertz CT molecular complexity index is 803. The van der Waals surface area contributed by atoms with Gasteiger partial charge < -0.3 is 4.57 Å². The van der Waals surface area contributed by atoms with Crippen LogP contribution in [-0.4, -0.2) is 26.3 Å². The zero-order valence-corrected chi connectivity index (χ0v) is 15.0. The van der Waals surface area contributed by atoms with E-state index in [1.165, 1.54) is 11.1 Å². The molecule has 6 heteroatoms. The second-order valence-electron chi connectivity index (χ2n) is 5.71. The third-order valence-corrected chi connectivity index (χ3v) is 4.96. The van der Waals surface area contributed by atoms with Gasteiger partial charge in [-0.25, -0.2) is 4.68 Å². The molecule has 0 N–H and O–H groups in total. The van der Waals surface area contributed by atoms with Crippen LogP contribution in [0.3, 0.4) is 0 Å². The van der Waals surface area contributed by atoms with Crippen LogP contribution < -0.4 is 0 Å². The summed E-state index contributed by atoms with van der Waals surface area (Å²) in [7, 11) is 4.08. The van der Waals surface area contributed by atoms with Gasteiger partial charge in [-0.2, -0.15) is 16.4 Å². The number of hydrogen-bond acceptors (Lipinski definition) is 4. The predicted octanol–water partition coefficient (Wildman–Crippen LogP) is 3.69. The maximum absolute atomic E-state index is 5.54. The van der Waals surface area contributed by atoms with Gasteiger partial charge in [0.25, 0.3) is 0 Å². The zero-order valence-electron chi connectivity index (χ0n) is 13.3. The smallest absolute Gasteiger partial charge is 0.198 e. The number of thiophene rings is 1. The first-order valence-corrected chi connectivity index (χ1v) is 8.85. The van der Waals surface area contributed by atoms with Crippen LogP contribution in [0, 0.1) is 4.77 Å². The van der Waals surface area contributed by atoms with Gasteiger partial charge in [0.05, 0.1) is 6.67 Å². The van der Waals surface area contributed by atoms with E-state index in [-0.39, 0.29) is 0 Å². The molecule has 0 bridgehead atoms. The highest BCUT2D eigenvalue weighted by molar-refractivity contribution is 7.71. The minimum absolute atomic E-state index is 0.692. The number of benzene rings is 1. The van der Waals surface area contributed by atoms with Crippen molar-refractivity contribution in [3.63, 3.8) is 0 Å². The van der Waals surface area contributed by atoms with Crippen molar-refractivity contribution in [3.05, 3.63) is 68.9 Å². The summed E-state index contributed by atoms with van der Waals surface area (Å²) in [6.07, 6.45) is 0.794. The lowest BCUT2D eigenvalue weighted by molar-refractivity contribution is 0.244. The number of nitrogens with zero attached hydrogens (tertiary/aromatic N) is 4. The lowest BCUT2D eigenvalue weighted by Gasteiger charge is -2.15. The molecule has 0 unspecified atom stereocenters. The lowest BCUT2D eigenvalue weighted by Crippen LogP contribution is -2.22. The molecule has 0 aliphatic carbocycles. The third-order valence-electron chi connectivity index (χ3n) is 3.74. The van der Waals surface area contributed by atoms with Gasteiger partial charge in [-0.3, -0.25) is 4.90 Å². The largest absolute Gasteiger partial charge is 0.307 e. The first-order chi connectivity index (χ1) is 11.1. The number of hydrogen-bond donors (Lipinski definition) is 0. The van der Waals surface area contributed by atoms with Crippen molar-refractivity contribution in [2.24, 2.45) is 7.05 Å². The van der Waals surface area contributed by atoms with Gasteiger partial charge in [-0.1, -0.05) is 30.3 Å². The quantitative estimate of drug-likeness (QED) is 0.638. The van der Waals surface area contributed by atoms with Crippen molar-refractivity contribution in [1.29, 1.82) is 0 Å². The van der Waals surface area contributed by atoms with Crippen molar-refractivity contribution in [2.45, 2.75) is 19.6 Å². The summed E-state index contributed by atoms with van der Waals surface area (Å²) < 4.78 is 4.66. The van der Waals surface area contributed by atoms with Crippen LogP contribution in [0.1, 0.15) is 17.0 Å². The summed E-state index contributed by atoms with van der Waals surface area (Å²) in [5.74, 6) is 0.991. The van der Waals surface area contributed by atoms with E-state index in [4.69, 9.17) is 17.3 Å². The van der Waals surface area contributed by atoms with E-state index in [1.54, 1.807) is 11.3 Å². The van der Waals surface area contributed by atoms with Gasteiger partial charge in [0.1, 0.15) is 5.82 Å². The van der Waals surface area contributed by atoms with E-state index in [1.807, 2.05) is 22.4 Å². The summed E-state index contributed by atoms with van der Waals surface area (Å²) in [6, 6.07) is 12.5. The van der Waals surface area contributed by atoms with Crippen molar-refractivity contribution < 1.29 is 0 Å². The number of rotatable bonds is 6. The first kappa shape index (κ1) is 16.1. The lowest BCUT2D eigenvalue weighted by atomic mass is 10.1. The monoisotopic (exact) mass is 344 g/mol. The molecule has 0 fully saturated rings. The maximum Gasteiger partial charge on any atom is 0.198 e. The molecule has 120 valence electrons. The molecule has 0 aliphatic heterocycles. The molecule has 2 heterocycles. The van der Waals surface area contributed by atoms with Gasteiger partial charge in [-0.05, 0) is 47.2 Å². The van der Waals surface area contributed by atoms with Crippen LogP contribution in [0.25, 0.3) is 0 Å². The summed E-state index contributed by atoms with van der Waals surface area (Å²) in [5.41, 5.74) is 2.57. The average molecular weight is 345 g/mol. The SMILES string of the molecule is CN(Cc1ccsc1)Cn1nc(Cc2ccccc2)n(C)c1=S. The minimum atomic E-state index is 0.692. The molecule has 2 aromatic heterocycles. The Labute approximate surface area is 145 Å². The molecule has 0 aliphatic rings. The van der Waals surface area contributed by atoms with E-state index in [0.717, 1.165) is 23.6 Å². The van der Waals surface area contributed by atoms with Crippen molar-refractivity contribution in [3.8, 4) is 0 Å². The molecular weight excluding hydrogens is 324 g/mol. The Morgan fingerprint density at radius 2 is 1.96 bits per heavy atom. The van der Waals surface area contributed by atoms with Crippen LogP contribution >= 0.6 is 23.6 Å². The molecule has 3 rings (SSSR count). The fourth-order valence-corrected chi connectivity index (χ4v) is 3.39. The van der Waals surface area contributed by atoms with Gasteiger partial charge in [0, 0.05) is 20.0 Å². The van der Waals surface area contributed by atoms with E-state index in [0.29, 0.717) is 6.67 Å². The van der Waals surface area contributed by atoms with Crippen LogP contribution in [0.2, 0.25) is 0 Å². The Morgan fingerprint density at radius 3 is 2.65 bits per heavy atom. The van der Waals surface area contributed by atoms with Crippen molar-refractivity contribution >= 4 is 23.6 Å². The minimum Gasteiger partial charge on any atom is -0.307 e. The van der Waals surface area contributed by atoms with E-state index in [2.05, 4.69) is 53.0 Å². The van der Waals surface area contributed by atoms with Crippen LogP contribution in [0.15, 0.2) is 47.2 Å². The van der Waals surface area contributed by atoms with Crippen LogP contribution in [0.5, 0.6) is 0 Å². The van der Waals surface area contributed by atoms with Crippen molar-refractivity contribution in [2.75, 3.05) is 7.05 Å². The third kappa shape index (κ3) is 3.96. The van der Waals surface area contributed by atoms with Crippen LogP contribution in [-0.2, 0) is 26.7 Å². The topological polar surface area (TPSA) is 26.0 Å². The Balaban J connectivity index is 1.73. The highest BCUT2D eigenvalue weighted by atomic mass is 32.1. The normalized spacial score (nSPS) is 11.3. The summed E-state index contributed by atoms with van der Waals surface area (Å²) in [6.45, 7) is 1.59. The maximum atomic E-state index is 5.54. The number of aromatic nitrogens is 3. The molecule has 0 saturated heterocycles. The van der Waals surface area contributed by atoms with Crippen molar-refractivity contribution in [1.82, 2.24) is 19.2 Å². The fourth-order valence-electron chi connectivity index (χ4n) is 2.53. The molecule has 23 heavy (non-hydrogen) atoms. The summed E-state index contributed by atoms with van der Waals surface area (Å²) >= 11 is 7.26. The molecular formula is C17H20N4S2.